The van der Waals surface area contributed by atoms with Gasteiger partial charge in [0.25, 0.3) is 0 Å². The van der Waals surface area contributed by atoms with Crippen molar-refractivity contribution in [2.24, 2.45) is 5.73 Å². The third-order valence-corrected chi connectivity index (χ3v) is 3.01. The summed E-state index contributed by atoms with van der Waals surface area (Å²) in [5.74, 6) is 0.841. The highest BCUT2D eigenvalue weighted by molar-refractivity contribution is 6.30. The van der Waals surface area contributed by atoms with E-state index in [0.29, 0.717) is 18.2 Å². The lowest BCUT2D eigenvalue weighted by Gasteiger charge is -2.07. The predicted octanol–water partition coefficient (Wildman–Crippen LogP) is 2.25. The molecule has 0 amide bonds. The van der Waals surface area contributed by atoms with Gasteiger partial charge >= 0.3 is 0 Å². The molecule has 0 radical (unpaired) electrons. The first-order valence-corrected chi connectivity index (χ1v) is 6.63. The normalized spacial score (nSPS) is 10.6. The van der Waals surface area contributed by atoms with E-state index in [-0.39, 0.29) is 0 Å². The average Bonchev–Trinajstić information content (AvgIpc) is 2.88. The van der Waals surface area contributed by atoms with Crippen molar-refractivity contribution < 1.29 is 4.74 Å². The second-order valence-electron chi connectivity index (χ2n) is 4.16. The van der Waals surface area contributed by atoms with E-state index < -0.39 is 0 Å². The van der Waals surface area contributed by atoms with E-state index in [1.807, 2.05) is 28.9 Å². The SMILES string of the molecule is NCc1cnnn1CCCCOc1ccc(Cl)cc1. The summed E-state index contributed by atoms with van der Waals surface area (Å²) in [5.41, 5.74) is 6.53. The van der Waals surface area contributed by atoms with Gasteiger partial charge in [0.15, 0.2) is 0 Å². The van der Waals surface area contributed by atoms with Crippen LogP contribution in [0.15, 0.2) is 30.5 Å². The van der Waals surface area contributed by atoms with E-state index in [1.54, 1.807) is 6.20 Å². The lowest BCUT2D eigenvalue weighted by atomic mass is 10.3. The molecule has 0 bridgehead atoms. The minimum Gasteiger partial charge on any atom is -0.494 e. The van der Waals surface area contributed by atoms with Crippen LogP contribution >= 0.6 is 11.6 Å². The van der Waals surface area contributed by atoms with E-state index in [1.165, 1.54) is 0 Å². The Hall–Kier alpha value is -1.59. The second-order valence-corrected chi connectivity index (χ2v) is 4.60. The molecule has 0 saturated carbocycles. The zero-order valence-corrected chi connectivity index (χ0v) is 11.4. The van der Waals surface area contributed by atoms with Gasteiger partial charge in [0.1, 0.15) is 5.75 Å². The first-order valence-electron chi connectivity index (χ1n) is 6.25. The molecule has 0 fully saturated rings. The first kappa shape index (κ1) is 13.8. The Morgan fingerprint density at radius 2 is 2.00 bits per heavy atom. The second kappa shape index (κ2) is 7.11. The number of hydrogen-bond donors (Lipinski definition) is 1. The van der Waals surface area contributed by atoms with Crippen LogP contribution in [-0.2, 0) is 13.1 Å². The molecule has 6 heteroatoms. The number of halogens is 1. The van der Waals surface area contributed by atoms with Crippen molar-refractivity contribution >= 4 is 11.6 Å². The van der Waals surface area contributed by atoms with Crippen molar-refractivity contribution in [2.45, 2.75) is 25.9 Å². The van der Waals surface area contributed by atoms with Gasteiger partial charge in [-0.05, 0) is 37.1 Å². The minimum absolute atomic E-state index is 0.467. The van der Waals surface area contributed by atoms with Crippen molar-refractivity contribution in [2.75, 3.05) is 6.61 Å². The number of hydrogen-bond acceptors (Lipinski definition) is 4. The molecule has 0 aliphatic carbocycles. The largest absolute Gasteiger partial charge is 0.494 e. The Bertz CT molecular complexity index is 498. The Balaban J connectivity index is 1.66. The molecule has 1 aromatic heterocycles. The number of aromatic nitrogens is 3. The van der Waals surface area contributed by atoms with Gasteiger partial charge in [-0.1, -0.05) is 16.8 Å². The van der Waals surface area contributed by atoms with Crippen LogP contribution in [0.5, 0.6) is 5.75 Å². The average molecular weight is 281 g/mol. The molecule has 102 valence electrons. The van der Waals surface area contributed by atoms with Crippen molar-refractivity contribution in [1.29, 1.82) is 0 Å². The number of nitrogens with two attached hydrogens (primary N) is 1. The van der Waals surface area contributed by atoms with Gasteiger partial charge in [0, 0.05) is 18.1 Å². The van der Waals surface area contributed by atoms with Gasteiger partial charge in [-0.25, -0.2) is 4.68 Å². The topological polar surface area (TPSA) is 66.0 Å². The molecule has 0 unspecified atom stereocenters. The number of benzene rings is 1. The third kappa shape index (κ3) is 4.22. The number of nitrogens with zero attached hydrogens (tertiary/aromatic N) is 3. The predicted molar refractivity (Wildman–Crippen MR) is 74.1 cm³/mol. The molecule has 19 heavy (non-hydrogen) atoms. The fourth-order valence-corrected chi connectivity index (χ4v) is 1.84. The fraction of sp³-hybridized carbons (Fsp3) is 0.385. The quantitative estimate of drug-likeness (QED) is 0.790. The summed E-state index contributed by atoms with van der Waals surface area (Å²) in [7, 11) is 0. The standard InChI is InChI=1S/C13H17ClN4O/c14-11-3-5-13(6-4-11)19-8-2-1-7-18-12(9-15)10-16-17-18/h3-6,10H,1-2,7-9,15H2. The molecule has 5 nitrogen and oxygen atoms in total. The molecule has 2 N–H and O–H groups in total. The lowest BCUT2D eigenvalue weighted by Crippen LogP contribution is -2.10. The van der Waals surface area contributed by atoms with Crippen molar-refractivity contribution in [3.8, 4) is 5.75 Å². The highest BCUT2D eigenvalue weighted by Crippen LogP contribution is 2.15. The Labute approximate surface area is 117 Å². The zero-order chi connectivity index (χ0) is 13.5. The first-order chi connectivity index (χ1) is 9.29. The molecule has 1 aromatic carbocycles. The molecule has 0 aliphatic heterocycles. The van der Waals surface area contributed by atoms with E-state index in [2.05, 4.69) is 10.3 Å². The number of aryl methyl sites for hydroxylation is 1. The summed E-state index contributed by atoms with van der Waals surface area (Å²) in [5, 5.41) is 8.54. The highest BCUT2D eigenvalue weighted by Gasteiger charge is 2.01. The van der Waals surface area contributed by atoms with Crippen LogP contribution in [0.1, 0.15) is 18.5 Å². The Morgan fingerprint density at radius 1 is 1.21 bits per heavy atom. The summed E-state index contributed by atoms with van der Waals surface area (Å²) in [4.78, 5) is 0. The summed E-state index contributed by atoms with van der Waals surface area (Å²) in [6.07, 6.45) is 3.63. The van der Waals surface area contributed by atoms with E-state index in [9.17, 15) is 0 Å². The maximum Gasteiger partial charge on any atom is 0.119 e. The molecule has 0 aliphatic rings. The lowest BCUT2D eigenvalue weighted by molar-refractivity contribution is 0.301. The summed E-state index contributed by atoms with van der Waals surface area (Å²) in [6, 6.07) is 7.37. The van der Waals surface area contributed by atoms with Crippen molar-refractivity contribution in [1.82, 2.24) is 15.0 Å². The molecule has 1 heterocycles. The molecule has 0 atom stereocenters. The molecule has 2 aromatic rings. The molecular weight excluding hydrogens is 264 g/mol. The Morgan fingerprint density at radius 3 is 2.74 bits per heavy atom. The van der Waals surface area contributed by atoms with Gasteiger partial charge in [-0.15, -0.1) is 5.10 Å². The van der Waals surface area contributed by atoms with Crippen LogP contribution in [0.25, 0.3) is 0 Å². The third-order valence-electron chi connectivity index (χ3n) is 2.75. The number of unbranched alkanes of at least 4 members (excludes halogenated alkanes) is 1. The van der Waals surface area contributed by atoms with Crippen LogP contribution < -0.4 is 10.5 Å². The summed E-state index contributed by atoms with van der Waals surface area (Å²) >= 11 is 5.80. The van der Waals surface area contributed by atoms with Crippen molar-refractivity contribution in [3.63, 3.8) is 0 Å². The number of ether oxygens (including phenoxy) is 1. The minimum atomic E-state index is 0.467. The van der Waals surface area contributed by atoms with Gasteiger partial charge in [0.2, 0.25) is 0 Å². The smallest absolute Gasteiger partial charge is 0.119 e. The molecule has 0 saturated heterocycles. The fourth-order valence-electron chi connectivity index (χ4n) is 1.71. The number of rotatable bonds is 7. The van der Waals surface area contributed by atoms with Crippen molar-refractivity contribution in [3.05, 3.63) is 41.2 Å². The van der Waals surface area contributed by atoms with E-state index in [4.69, 9.17) is 22.1 Å². The summed E-state index contributed by atoms with van der Waals surface area (Å²) < 4.78 is 7.44. The van der Waals surface area contributed by atoms with Crippen LogP contribution in [-0.4, -0.2) is 21.6 Å². The maximum atomic E-state index is 5.80. The Kier molecular flexibility index (Phi) is 5.18. The van der Waals surface area contributed by atoms with Crippen LogP contribution in [0.3, 0.4) is 0 Å². The van der Waals surface area contributed by atoms with Crippen LogP contribution in [0.2, 0.25) is 5.02 Å². The summed E-state index contributed by atoms with van der Waals surface area (Å²) in [6.45, 7) is 1.96. The van der Waals surface area contributed by atoms with Crippen LogP contribution in [0, 0.1) is 0 Å². The highest BCUT2D eigenvalue weighted by atomic mass is 35.5. The van der Waals surface area contributed by atoms with Gasteiger partial charge in [-0.2, -0.15) is 0 Å². The van der Waals surface area contributed by atoms with Gasteiger partial charge in [0.05, 0.1) is 18.5 Å². The van der Waals surface area contributed by atoms with E-state index in [0.717, 1.165) is 30.8 Å². The molecular formula is C13H17ClN4O. The molecule has 0 spiro atoms. The van der Waals surface area contributed by atoms with Gasteiger partial charge < -0.3 is 10.5 Å². The molecule has 2 rings (SSSR count). The van der Waals surface area contributed by atoms with Crippen LogP contribution in [0.4, 0.5) is 0 Å². The maximum absolute atomic E-state index is 5.80. The monoisotopic (exact) mass is 280 g/mol. The van der Waals surface area contributed by atoms with E-state index >= 15 is 0 Å². The van der Waals surface area contributed by atoms with Gasteiger partial charge in [-0.3, -0.25) is 0 Å². The zero-order valence-electron chi connectivity index (χ0n) is 10.6.